The summed E-state index contributed by atoms with van der Waals surface area (Å²) in [7, 11) is 0. The van der Waals surface area contributed by atoms with Crippen molar-refractivity contribution in [2.45, 2.75) is 50.9 Å². The zero-order chi connectivity index (χ0) is 31.5. The Morgan fingerprint density at radius 2 is 0.818 bits per heavy atom. The van der Waals surface area contributed by atoms with Gasteiger partial charge in [-0.05, 0) is 114 Å². The van der Waals surface area contributed by atoms with Gasteiger partial charge in [0.05, 0.1) is 11.1 Å². The maximum absolute atomic E-state index is 16.3. The summed E-state index contributed by atoms with van der Waals surface area (Å²) in [5.74, 6) is -1.21. The highest BCUT2D eigenvalue weighted by Crippen LogP contribution is 2.58. The van der Waals surface area contributed by atoms with Crippen LogP contribution >= 0.6 is 0 Å². The number of hydrogen-bond donors (Lipinski definition) is 0. The fraction of sp³-hybridized carbons (Fsp3) is 0.222. The third kappa shape index (κ3) is 3.23. The Kier molecular flexibility index (Phi) is 4.91. The zero-order valence-corrected chi connectivity index (χ0v) is 23.8. The van der Waals surface area contributed by atoms with Crippen LogP contribution < -0.4 is 0 Å². The first kappa shape index (κ1) is 27.4. The molecule has 2 aliphatic rings. The van der Waals surface area contributed by atoms with Crippen LogP contribution in [0.1, 0.15) is 61.1 Å². The minimum absolute atomic E-state index is 0.250. The topological polar surface area (TPSA) is 0 Å². The fourth-order valence-corrected chi connectivity index (χ4v) is 7.96. The molecule has 0 aliphatic heterocycles. The molecule has 0 unspecified atom stereocenters. The van der Waals surface area contributed by atoms with Gasteiger partial charge in [-0.3, -0.25) is 0 Å². The molecule has 0 fully saturated rings. The van der Waals surface area contributed by atoms with E-state index in [1.807, 2.05) is 0 Å². The van der Waals surface area contributed by atoms with E-state index in [1.54, 1.807) is 39.8 Å². The lowest BCUT2D eigenvalue weighted by Gasteiger charge is -2.39. The van der Waals surface area contributed by atoms with Gasteiger partial charge in [-0.15, -0.1) is 0 Å². The minimum Gasteiger partial charge on any atom is -0.207 e. The Labute approximate surface area is 246 Å². The van der Waals surface area contributed by atoms with Gasteiger partial charge in [0.25, 0.3) is 0 Å². The van der Waals surface area contributed by atoms with E-state index < -0.39 is 45.9 Å². The molecule has 0 amide bonds. The molecule has 222 valence electrons. The summed E-state index contributed by atoms with van der Waals surface area (Å²) < 4.78 is 115. The summed E-state index contributed by atoms with van der Waals surface area (Å²) in [5.41, 5.74) is -0.826. The molecule has 0 aromatic heterocycles. The number of benzene rings is 6. The summed E-state index contributed by atoms with van der Waals surface area (Å²) in [4.78, 5) is 0. The van der Waals surface area contributed by atoms with Crippen molar-refractivity contribution < 1.29 is 35.1 Å². The molecular weight excluding hydrogens is 584 g/mol. The zero-order valence-electron chi connectivity index (χ0n) is 23.8. The first-order valence-electron chi connectivity index (χ1n) is 14.0. The summed E-state index contributed by atoms with van der Waals surface area (Å²) >= 11 is 0. The van der Waals surface area contributed by atoms with Crippen LogP contribution in [0.5, 0.6) is 0 Å². The van der Waals surface area contributed by atoms with Gasteiger partial charge in [0, 0.05) is 22.0 Å². The quantitative estimate of drug-likeness (QED) is 0.119. The largest absolute Gasteiger partial charge is 0.416 e. The van der Waals surface area contributed by atoms with Crippen molar-refractivity contribution in [1.82, 2.24) is 0 Å². The predicted octanol–water partition coefficient (Wildman–Crippen LogP) is 11.5. The van der Waals surface area contributed by atoms with E-state index in [-0.39, 0.29) is 11.1 Å². The van der Waals surface area contributed by atoms with Crippen LogP contribution in [-0.4, -0.2) is 0 Å². The van der Waals surface area contributed by atoms with Crippen molar-refractivity contribution in [2.24, 2.45) is 0 Å². The van der Waals surface area contributed by atoms with Crippen LogP contribution in [-0.2, 0) is 23.2 Å². The molecule has 8 rings (SSSR count). The van der Waals surface area contributed by atoms with Gasteiger partial charge in [-0.1, -0.05) is 39.8 Å². The third-order valence-electron chi connectivity index (χ3n) is 9.88. The molecular formula is C36H22F8. The van der Waals surface area contributed by atoms with Crippen molar-refractivity contribution in [3.8, 4) is 22.3 Å². The average molecular weight is 607 g/mol. The normalized spacial score (nSPS) is 16.5. The van der Waals surface area contributed by atoms with Crippen molar-refractivity contribution in [3.63, 3.8) is 0 Å². The van der Waals surface area contributed by atoms with Gasteiger partial charge >= 0.3 is 12.4 Å². The second kappa shape index (κ2) is 7.89. The Morgan fingerprint density at radius 3 is 1.16 bits per heavy atom. The van der Waals surface area contributed by atoms with Gasteiger partial charge in [-0.25, -0.2) is 8.78 Å². The fourth-order valence-electron chi connectivity index (χ4n) is 7.96. The van der Waals surface area contributed by atoms with Crippen molar-refractivity contribution >= 4 is 32.3 Å². The van der Waals surface area contributed by atoms with E-state index in [0.29, 0.717) is 65.7 Å². The lowest BCUT2D eigenvalue weighted by molar-refractivity contribution is -0.138. The van der Waals surface area contributed by atoms with E-state index in [0.717, 1.165) is 24.3 Å². The number of halogens is 8. The molecule has 0 nitrogen and oxygen atoms in total. The lowest BCUT2D eigenvalue weighted by atomic mass is 9.64. The third-order valence-corrected chi connectivity index (χ3v) is 9.88. The molecule has 44 heavy (non-hydrogen) atoms. The average Bonchev–Trinajstić information content (AvgIpc) is 2.92. The van der Waals surface area contributed by atoms with E-state index >= 15 is 8.78 Å². The molecule has 0 saturated carbocycles. The molecule has 0 bridgehead atoms. The minimum atomic E-state index is -4.60. The molecule has 0 heterocycles. The van der Waals surface area contributed by atoms with Gasteiger partial charge < -0.3 is 0 Å². The van der Waals surface area contributed by atoms with Crippen molar-refractivity contribution in [3.05, 3.63) is 106 Å². The first-order valence-corrected chi connectivity index (χ1v) is 14.0. The monoisotopic (exact) mass is 606 g/mol. The summed E-state index contributed by atoms with van der Waals surface area (Å²) in [5, 5.41) is 3.35. The van der Waals surface area contributed by atoms with Crippen LogP contribution in [0.25, 0.3) is 54.6 Å². The summed E-state index contributed by atoms with van der Waals surface area (Å²) in [6.45, 7) is 6.78. The van der Waals surface area contributed by atoms with Crippen LogP contribution in [0.15, 0.2) is 60.7 Å². The number of fused-ring (bicyclic) bond motifs is 4. The highest BCUT2D eigenvalue weighted by molar-refractivity contribution is 6.31. The Morgan fingerprint density at radius 1 is 0.455 bits per heavy atom. The molecule has 0 spiro atoms. The predicted molar refractivity (Wildman–Crippen MR) is 155 cm³/mol. The lowest BCUT2D eigenvalue weighted by Crippen LogP contribution is -2.27. The molecule has 2 aliphatic carbocycles. The van der Waals surface area contributed by atoms with Crippen LogP contribution in [0.3, 0.4) is 0 Å². The maximum Gasteiger partial charge on any atom is 0.416 e. The Balaban J connectivity index is 1.57. The maximum atomic E-state index is 16.3. The first-order chi connectivity index (χ1) is 20.4. The van der Waals surface area contributed by atoms with Crippen molar-refractivity contribution in [1.29, 1.82) is 0 Å². The van der Waals surface area contributed by atoms with Gasteiger partial charge in [-0.2, -0.15) is 26.3 Å². The van der Waals surface area contributed by atoms with Crippen LogP contribution in [0, 0.1) is 11.6 Å². The van der Waals surface area contributed by atoms with Gasteiger partial charge in [0.1, 0.15) is 11.6 Å². The molecule has 6 aromatic carbocycles. The molecule has 0 N–H and O–H groups in total. The second-order valence-electron chi connectivity index (χ2n) is 13.0. The Bertz CT molecular complexity index is 2100. The van der Waals surface area contributed by atoms with E-state index in [1.165, 1.54) is 24.3 Å². The summed E-state index contributed by atoms with van der Waals surface area (Å²) in [6, 6.07) is 13.0. The van der Waals surface area contributed by atoms with Crippen molar-refractivity contribution in [2.75, 3.05) is 0 Å². The molecule has 0 atom stereocenters. The molecule has 0 radical (unpaired) electrons. The molecule has 8 heteroatoms. The van der Waals surface area contributed by atoms with Crippen LogP contribution in [0.2, 0.25) is 0 Å². The van der Waals surface area contributed by atoms with E-state index in [9.17, 15) is 26.3 Å². The van der Waals surface area contributed by atoms with Gasteiger partial charge in [0.2, 0.25) is 0 Å². The standard InChI is InChI=1S/C36H22F8/c1-33(2)23-13-17(35(39,40)41)5-7-19(23)21-9-16-12-26(38)32-30-22(10-15-11-25(37)31(33)29(21)27(15)28(16)30)20-8-6-18(36(42,43)44)14-24(20)34(32,3)4/h5-14H,1-4H3. The number of rotatable bonds is 0. The van der Waals surface area contributed by atoms with Gasteiger partial charge in [0.15, 0.2) is 0 Å². The number of hydrogen-bond acceptors (Lipinski definition) is 0. The Hall–Kier alpha value is -4.20. The second-order valence-corrected chi connectivity index (χ2v) is 13.0. The highest BCUT2D eigenvalue weighted by Gasteiger charge is 2.43. The molecule has 6 aromatic rings. The smallest absolute Gasteiger partial charge is 0.207 e. The van der Waals surface area contributed by atoms with E-state index in [4.69, 9.17) is 0 Å². The highest BCUT2D eigenvalue weighted by atomic mass is 19.4. The number of alkyl halides is 6. The molecule has 0 saturated heterocycles. The van der Waals surface area contributed by atoms with Crippen LogP contribution in [0.4, 0.5) is 35.1 Å². The van der Waals surface area contributed by atoms with E-state index in [2.05, 4.69) is 0 Å². The SMILES string of the molecule is CC1(C)c2cc(C(F)(F)F)ccc2-c2cc3cc(F)c4c5c(cc6cc(F)c1c2c6c35)-c1ccc(C(F)(F)F)cc1C4(C)C. The summed E-state index contributed by atoms with van der Waals surface area (Å²) in [6.07, 6.45) is -9.19.